The Labute approximate surface area is 228 Å². The standard InChI is InChI=1S/C27H36N6O4S/c1-18(2)17-21(22(34)24-31-32-26(37-24)38-16-15-33(4)5)29-25(36)27(13-7-6-8-14-27)30-23(35)19-9-11-20(28-3)12-10-19/h9-12,18,21H,6-8,13-17H2,1-2,4-5H3,(H,29,36)(H,30,35). The molecule has 11 heteroatoms. The molecule has 0 spiro atoms. The van der Waals surface area contributed by atoms with Crippen LogP contribution in [-0.4, -0.2) is 70.7 Å². The average Bonchev–Trinajstić information content (AvgIpc) is 3.36. The molecule has 0 saturated heterocycles. The summed E-state index contributed by atoms with van der Waals surface area (Å²) in [4.78, 5) is 45.6. The van der Waals surface area contributed by atoms with Crippen molar-refractivity contribution in [3.63, 3.8) is 0 Å². The quantitative estimate of drug-likeness (QED) is 0.234. The molecule has 0 bridgehead atoms. The lowest BCUT2D eigenvalue weighted by molar-refractivity contribution is -0.129. The van der Waals surface area contributed by atoms with Gasteiger partial charge in [-0.05, 0) is 39.3 Å². The Morgan fingerprint density at radius 2 is 1.82 bits per heavy atom. The minimum Gasteiger partial charge on any atom is -0.408 e. The van der Waals surface area contributed by atoms with Crippen LogP contribution in [0.15, 0.2) is 33.9 Å². The van der Waals surface area contributed by atoms with Gasteiger partial charge in [-0.1, -0.05) is 69.1 Å². The molecule has 0 aliphatic heterocycles. The number of benzene rings is 1. The predicted octanol–water partition coefficient (Wildman–Crippen LogP) is 4.12. The topological polar surface area (TPSA) is 122 Å². The molecule has 10 nitrogen and oxygen atoms in total. The maximum absolute atomic E-state index is 13.7. The molecule has 1 saturated carbocycles. The van der Waals surface area contributed by atoms with Gasteiger partial charge in [0.2, 0.25) is 11.7 Å². The number of Topliss-reactive ketones (excluding diaryl/α,β-unsaturated/α-hetero) is 1. The molecule has 1 unspecified atom stereocenters. The zero-order chi connectivity index (χ0) is 27.7. The number of nitrogens with one attached hydrogen (secondary N) is 2. The van der Waals surface area contributed by atoms with E-state index >= 15 is 0 Å². The van der Waals surface area contributed by atoms with Gasteiger partial charge in [-0.2, -0.15) is 0 Å². The third kappa shape index (κ3) is 7.88. The van der Waals surface area contributed by atoms with Crippen LogP contribution in [0.2, 0.25) is 0 Å². The molecule has 1 aliphatic rings. The van der Waals surface area contributed by atoms with E-state index in [2.05, 4.69) is 25.7 Å². The van der Waals surface area contributed by atoms with Gasteiger partial charge in [0.05, 0.1) is 12.6 Å². The highest BCUT2D eigenvalue weighted by atomic mass is 32.2. The second-order valence-corrected chi connectivity index (χ2v) is 11.3. The fraction of sp³-hybridized carbons (Fsp3) is 0.556. The van der Waals surface area contributed by atoms with Crippen molar-refractivity contribution in [2.45, 2.75) is 69.2 Å². The molecule has 1 aromatic heterocycles. The lowest BCUT2D eigenvalue weighted by atomic mass is 9.80. The molecule has 38 heavy (non-hydrogen) atoms. The summed E-state index contributed by atoms with van der Waals surface area (Å²) < 4.78 is 5.61. The van der Waals surface area contributed by atoms with Crippen LogP contribution in [-0.2, 0) is 4.79 Å². The largest absolute Gasteiger partial charge is 0.408 e. The highest BCUT2D eigenvalue weighted by Crippen LogP contribution is 2.30. The Hall–Kier alpha value is -3.23. The van der Waals surface area contributed by atoms with Crippen molar-refractivity contribution < 1.29 is 18.8 Å². The highest BCUT2D eigenvalue weighted by molar-refractivity contribution is 7.99. The summed E-state index contributed by atoms with van der Waals surface area (Å²) in [5.74, 6) is -0.503. The molecule has 2 aromatic rings. The van der Waals surface area contributed by atoms with E-state index in [1.807, 2.05) is 32.8 Å². The molecule has 1 aliphatic carbocycles. The normalized spacial score (nSPS) is 15.6. The van der Waals surface area contributed by atoms with Crippen molar-refractivity contribution in [2.75, 3.05) is 26.4 Å². The Kier molecular flexibility index (Phi) is 10.4. The fourth-order valence-electron chi connectivity index (χ4n) is 4.37. The van der Waals surface area contributed by atoms with Crippen LogP contribution in [0, 0.1) is 12.5 Å². The Morgan fingerprint density at radius 3 is 2.42 bits per heavy atom. The van der Waals surface area contributed by atoms with Crippen molar-refractivity contribution in [1.82, 2.24) is 25.7 Å². The summed E-state index contributed by atoms with van der Waals surface area (Å²) >= 11 is 1.37. The van der Waals surface area contributed by atoms with Crippen LogP contribution in [0.3, 0.4) is 0 Å². The average molecular weight is 541 g/mol. The summed E-state index contributed by atoms with van der Waals surface area (Å²) in [6, 6.07) is 5.43. The van der Waals surface area contributed by atoms with Crippen LogP contribution >= 0.6 is 11.8 Å². The number of carbonyl (C=O) groups excluding carboxylic acids is 3. The summed E-state index contributed by atoms with van der Waals surface area (Å²) in [6.45, 7) is 11.8. The van der Waals surface area contributed by atoms with Crippen molar-refractivity contribution >= 4 is 35.0 Å². The number of aromatic nitrogens is 2. The molecule has 1 heterocycles. The van der Waals surface area contributed by atoms with E-state index in [0.717, 1.165) is 31.6 Å². The van der Waals surface area contributed by atoms with Gasteiger partial charge in [0.25, 0.3) is 17.0 Å². The first kappa shape index (κ1) is 29.3. The molecule has 3 rings (SSSR count). The SMILES string of the molecule is [C-]#[N+]c1ccc(C(=O)NC2(C(=O)NC(CC(C)C)C(=O)c3nnc(SCCN(C)C)o3)CCCCC2)cc1. The summed E-state index contributed by atoms with van der Waals surface area (Å²) in [7, 11) is 3.94. The number of amides is 2. The van der Waals surface area contributed by atoms with Gasteiger partial charge in [-0.3, -0.25) is 14.4 Å². The zero-order valence-electron chi connectivity index (χ0n) is 22.5. The molecule has 1 aromatic carbocycles. The third-order valence-electron chi connectivity index (χ3n) is 6.46. The molecule has 2 amide bonds. The van der Waals surface area contributed by atoms with E-state index in [4.69, 9.17) is 11.0 Å². The van der Waals surface area contributed by atoms with Gasteiger partial charge >= 0.3 is 0 Å². The Morgan fingerprint density at radius 1 is 1.13 bits per heavy atom. The number of nitrogens with zero attached hydrogens (tertiary/aromatic N) is 4. The highest BCUT2D eigenvalue weighted by Gasteiger charge is 2.43. The van der Waals surface area contributed by atoms with E-state index < -0.39 is 17.4 Å². The van der Waals surface area contributed by atoms with Crippen LogP contribution in [0.4, 0.5) is 5.69 Å². The number of thioether (sulfide) groups is 1. The van der Waals surface area contributed by atoms with Gasteiger partial charge in [-0.25, -0.2) is 4.85 Å². The maximum Gasteiger partial charge on any atom is 0.286 e. The molecular formula is C27H36N6O4S. The summed E-state index contributed by atoms with van der Waals surface area (Å²) in [5, 5.41) is 14.1. The van der Waals surface area contributed by atoms with E-state index in [0.29, 0.717) is 35.7 Å². The van der Waals surface area contributed by atoms with Crippen molar-refractivity contribution in [1.29, 1.82) is 0 Å². The second-order valence-electron chi connectivity index (χ2n) is 10.3. The molecule has 1 atom stereocenters. The van der Waals surface area contributed by atoms with Crippen molar-refractivity contribution in [2.24, 2.45) is 5.92 Å². The molecule has 2 N–H and O–H groups in total. The number of hydrogen-bond acceptors (Lipinski definition) is 8. The van der Waals surface area contributed by atoms with Crippen LogP contribution in [0.1, 0.15) is 73.4 Å². The second kappa shape index (κ2) is 13.5. The van der Waals surface area contributed by atoms with E-state index in [1.165, 1.54) is 11.8 Å². The molecular weight excluding hydrogens is 504 g/mol. The summed E-state index contributed by atoms with van der Waals surface area (Å²) in [6.07, 6.45) is 3.86. The van der Waals surface area contributed by atoms with Crippen molar-refractivity contribution in [3.8, 4) is 0 Å². The number of ketones is 1. The van der Waals surface area contributed by atoms with Gasteiger partial charge in [0.1, 0.15) is 5.54 Å². The molecule has 204 valence electrons. The number of rotatable bonds is 12. The maximum atomic E-state index is 13.7. The monoisotopic (exact) mass is 540 g/mol. The fourth-order valence-corrected chi connectivity index (χ4v) is 5.24. The Balaban J connectivity index is 1.76. The summed E-state index contributed by atoms with van der Waals surface area (Å²) in [5.41, 5.74) is -0.331. The Bertz CT molecular complexity index is 1150. The molecule has 1 fully saturated rings. The first-order valence-electron chi connectivity index (χ1n) is 12.9. The number of hydrogen-bond donors (Lipinski definition) is 2. The van der Waals surface area contributed by atoms with Crippen LogP contribution in [0.5, 0.6) is 0 Å². The minimum absolute atomic E-state index is 0.110. The zero-order valence-corrected chi connectivity index (χ0v) is 23.3. The van der Waals surface area contributed by atoms with Crippen LogP contribution in [0.25, 0.3) is 4.85 Å². The van der Waals surface area contributed by atoms with Gasteiger partial charge in [0, 0.05) is 17.9 Å². The lowest BCUT2D eigenvalue weighted by Gasteiger charge is -2.37. The predicted molar refractivity (Wildman–Crippen MR) is 145 cm³/mol. The van der Waals surface area contributed by atoms with Gasteiger partial charge in [0.15, 0.2) is 5.69 Å². The third-order valence-corrected chi connectivity index (χ3v) is 7.26. The first-order valence-corrected chi connectivity index (χ1v) is 13.9. The van der Waals surface area contributed by atoms with Crippen LogP contribution < -0.4 is 10.6 Å². The molecule has 0 radical (unpaired) electrons. The number of carbonyl (C=O) groups is 3. The van der Waals surface area contributed by atoms with Gasteiger partial charge < -0.3 is 20.0 Å². The first-order chi connectivity index (χ1) is 18.1. The van der Waals surface area contributed by atoms with E-state index in [9.17, 15) is 14.4 Å². The van der Waals surface area contributed by atoms with Gasteiger partial charge in [-0.15, -0.1) is 10.2 Å². The smallest absolute Gasteiger partial charge is 0.286 e. The minimum atomic E-state index is -1.13. The van der Waals surface area contributed by atoms with E-state index in [-0.39, 0.29) is 23.6 Å². The van der Waals surface area contributed by atoms with E-state index in [1.54, 1.807) is 24.3 Å². The lowest BCUT2D eigenvalue weighted by Crippen LogP contribution is -2.62. The van der Waals surface area contributed by atoms with Crippen molar-refractivity contribution in [3.05, 3.63) is 47.1 Å².